The van der Waals surface area contributed by atoms with E-state index in [9.17, 15) is 32.7 Å². The van der Waals surface area contributed by atoms with Crippen LogP contribution in [-0.2, 0) is 24.4 Å². The molecule has 18 nitrogen and oxygen atoms in total. The van der Waals surface area contributed by atoms with Gasteiger partial charge in [0.15, 0.2) is 11.6 Å². The average molecular weight is 1070 g/mol. The summed E-state index contributed by atoms with van der Waals surface area (Å²) in [5, 5.41) is 19.7. The van der Waals surface area contributed by atoms with E-state index < -0.39 is 39.5 Å². The number of aliphatic hydroxyl groups is 1. The highest BCUT2D eigenvalue weighted by Crippen LogP contribution is 2.45. The first-order chi connectivity index (χ1) is 35.7. The molecule has 406 valence electrons. The lowest BCUT2D eigenvalue weighted by molar-refractivity contribution is -0.144. The Kier molecular flexibility index (Phi) is 18.0. The molecule has 2 aromatic heterocycles. The van der Waals surface area contributed by atoms with Crippen molar-refractivity contribution in [3.8, 4) is 21.9 Å². The average Bonchev–Trinajstić information content (AvgIpc) is 3.99. The Morgan fingerprint density at radius 2 is 1.65 bits per heavy atom. The fraction of sp³-hybridized carbons (Fsp3) is 0.582. The Hall–Kier alpha value is -5.54. The van der Waals surface area contributed by atoms with Crippen LogP contribution in [-0.4, -0.2) is 138 Å². The Labute approximate surface area is 446 Å². The maximum atomic E-state index is 14.2. The molecule has 20 heteroatoms. The van der Waals surface area contributed by atoms with Gasteiger partial charge in [-0.15, -0.1) is 11.3 Å². The number of sulfonamides is 1. The van der Waals surface area contributed by atoms with Crippen LogP contribution >= 0.6 is 11.3 Å². The fourth-order valence-corrected chi connectivity index (χ4v) is 12.8. The summed E-state index contributed by atoms with van der Waals surface area (Å²) >= 11 is 1.57. The molecule has 8 rings (SSSR count). The SMILES string of the molecule is Cc1ncsc1-c1ccc([C@@H](C)NC(=O)[C@H]2C[C@H](O)CN2C(=O)[C@H](NC(=O)CCCCCNC(=O)c2ccccc2Oc2cncnc2N2CC3(CCN(CC4CCC(NS(C)(=O)=O)CC4)CC3)C2)C(C)(C)C)cc1. The molecule has 4 amide bonds. The summed E-state index contributed by atoms with van der Waals surface area (Å²) in [6.45, 7) is 14.7. The van der Waals surface area contributed by atoms with Crippen LogP contribution in [0.25, 0.3) is 10.4 Å². The van der Waals surface area contributed by atoms with Gasteiger partial charge in [-0.25, -0.2) is 28.1 Å². The minimum Gasteiger partial charge on any atom is -0.451 e. The van der Waals surface area contributed by atoms with E-state index >= 15 is 0 Å². The number of carbonyl (C=O) groups is 4. The van der Waals surface area contributed by atoms with Crippen molar-refractivity contribution in [2.75, 3.05) is 57.0 Å². The molecule has 75 heavy (non-hydrogen) atoms. The topological polar surface area (TPSA) is 228 Å². The number of carbonyl (C=O) groups excluding carboxylic acids is 4. The maximum Gasteiger partial charge on any atom is 0.255 e. The van der Waals surface area contributed by atoms with Crippen LogP contribution in [0, 0.1) is 23.7 Å². The summed E-state index contributed by atoms with van der Waals surface area (Å²) < 4.78 is 32.5. The van der Waals surface area contributed by atoms with Gasteiger partial charge in [-0.05, 0) is 113 Å². The molecule has 1 aliphatic carbocycles. The first-order valence-electron chi connectivity index (χ1n) is 26.6. The molecular weight excluding hydrogens is 993 g/mol. The summed E-state index contributed by atoms with van der Waals surface area (Å²) in [6.07, 6.45) is 11.7. The van der Waals surface area contributed by atoms with Crippen LogP contribution < -0.4 is 30.3 Å². The minimum absolute atomic E-state index is 0.0123. The molecule has 4 aromatic rings. The number of aromatic nitrogens is 3. The second-order valence-electron chi connectivity index (χ2n) is 22.5. The fourth-order valence-electron chi connectivity index (χ4n) is 11.2. The van der Waals surface area contributed by atoms with E-state index in [0.29, 0.717) is 54.6 Å². The number of β-amino-alcohol motifs (C(OH)–C–C–N with tert-alkyl or cyclic N) is 1. The van der Waals surface area contributed by atoms with E-state index in [2.05, 4.69) is 45.4 Å². The molecule has 3 saturated heterocycles. The molecule has 0 bridgehead atoms. The first-order valence-corrected chi connectivity index (χ1v) is 29.4. The van der Waals surface area contributed by atoms with Gasteiger partial charge < -0.3 is 40.5 Å². The van der Waals surface area contributed by atoms with Crippen molar-refractivity contribution in [3.63, 3.8) is 0 Å². The molecule has 2 aromatic carbocycles. The van der Waals surface area contributed by atoms with Crippen molar-refractivity contribution in [1.82, 2.24) is 45.4 Å². The van der Waals surface area contributed by atoms with E-state index in [1.165, 1.54) is 17.5 Å². The molecule has 1 spiro atoms. The smallest absolute Gasteiger partial charge is 0.255 e. The zero-order chi connectivity index (χ0) is 53.5. The number of thiazole rings is 1. The third kappa shape index (κ3) is 14.5. The second-order valence-corrected chi connectivity index (χ2v) is 25.2. The van der Waals surface area contributed by atoms with Gasteiger partial charge in [0.05, 0.1) is 46.2 Å². The molecule has 0 radical (unpaired) electrons. The molecule has 5 heterocycles. The molecule has 3 aliphatic heterocycles. The summed E-state index contributed by atoms with van der Waals surface area (Å²) in [5.74, 6) is 0.816. The van der Waals surface area contributed by atoms with Crippen molar-refractivity contribution in [1.29, 1.82) is 0 Å². The quantitative estimate of drug-likeness (QED) is 0.0607. The number of amides is 4. The van der Waals surface area contributed by atoms with Crippen molar-refractivity contribution in [3.05, 3.63) is 83.4 Å². The number of likely N-dealkylation sites (tertiary alicyclic amines) is 2. The normalized spacial score (nSPS) is 21.7. The van der Waals surface area contributed by atoms with E-state index in [0.717, 1.165) is 92.9 Å². The van der Waals surface area contributed by atoms with E-state index in [1.807, 2.05) is 70.5 Å². The lowest BCUT2D eigenvalue weighted by Gasteiger charge is -2.54. The minimum atomic E-state index is -3.18. The van der Waals surface area contributed by atoms with Gasteiger partial charge in [0.25, 0.3) is 5.91 Å². The zero-order valence-corrected chi connectivity index (χ0v) is 46.0. The number of nitrogens with zero attached hydrogens (tertiary/aromatic N) is 6. The highest BCUT2D eigenvalue weighted by atomic mass is 32.2. The molecule has 4 aliphatic rings. The van der Waals surface area contributed by atoms with Gasteiger partial charge in [-0.2, -0.15) is 0 Å². The molecule has 1 saturated carbocycles. The molecular formula is C55H76N10O8S2. The Morgan fingerprint density at radius 3 is 2.33 bits per heavy atom. The number of anilines is 1. The van der Waals surface area contributed by atoms with Crippen molar-refractivity contribution in [2.45, 2.75) is 136 Å². The molecule has 4 atom stereocenters. The molecule has 0 unspecified atom stereocenters. The van der Waals surface area contributed by atoms with Crippen molar-refractivity contribution >= 4 is 50.8 Å². The third-order valence-corrected chi connectivity index (χ3v) is 17.2. The number of unbranched alkanes of at least 4 members (excludes halogenated alkanes) is 2. The van der Waals surface area contributed by atoms with Gasteiger partial charge in [-0.3, -0.25) is 19.2 Å². The lowest BCUT2D eigenvalue weighted by Crippen LogP contribution is -2.61. The number of hydrogen-bond donors (Lipinski definition) is 5. The number of aryl methyl sites for hydroxylation is 1. The van der Waals surface area contributed by atoms with Gasteiger partial charge in [0, 0.05) is 57.0 Å². The van der Waals surface area contributed by atoms with Crippen LogP contribution in [0.1, 0.15) is 126 Å². The Balaban J connectivity index is 0.757. The Morgan fingerprint density at radius 1 is 0.933 bits per heavy atom. The molecule has 5 N–H and O–H groups in total. The summed E-state index contributed by atoms with van der Waals surface area (Å²) in [7, 11) is -3.18. The van der Waals surface area contributed by atoms with Gasteiger partial charge in [0.1, 0.15) is 24.2 Å². The first kappa shape index (κ1) is 55.7. The number of benzene rings is 2. The van der Waals surface area contributed by atoms with Gasteiger partial charge >= 0.3 is 0 Å². The number of aliphatic hydroxyl groups excluding tert-OH is 1. The predicted octanol–water partition coefficient (Wildman–Crippen LogP) is 6.37. The van der Waals surface area contributed by atoms with E-state index in [-0.39, 0.29) is 54.6 Å². The van der Waals surface area contributed by atoms with Crippen LogP contribution in [0.5, 0.6) is 11.5 Å². The highest BCUT2D eigenvalue weighted by molar-refractivity contribution is 7.88. The van der Waals surface area contributed by atoms with Crippen molar-refractivity contribution in [2.24, 2.45) is 16.7 Å². The third-order valence-electron chi connectivity index (χ3n) is 15.4. The largest absolute Gasteiger partial charge is 0.451 e. The van der Waals surface area contributed by atoms with Crippen LogP contribution in [0.4, 0.5) is 5.82 Å². The van der Waals surface area contributed by atoms with E-state index in [1.54, 1.807) is 35.7 Å². The monoisotopic (exact) mass is 1070 g/mol. The maximum absolute atomic E-state index is 14.2. The van der Waals surface area contributed by atoms with E-state index in [4.69, 9.17) is 4.74 Å². The summed E-state index contributed by atoms with van der Waals surface area (Å²) in [5.41, 5.74) is 4.63. The highest BCUT2D eigenvalue weighted by Gasteiger charge is 2.47. The lowest BCUT2D eigenvalue weighted by atomic mass is 9.71. The standard InChI is InChI=1S/C55H76N10O8S2/c1-36(39-17-19-40(20-18-39)48-37(2)59-35-74-48)60-52(69)44-28-42(66)31-65(44)53(70)49(54(3,4)5)61-47(67)14-8-7-11-25-57-51(68)43-12-9-10-13-45(43)73-46-29-56-34-58-50(46)64-32-55(33-64)23-26-63(27-24-55)30-38-15-21-41(22-16-38)62-75(6,71)72/h9-10,12-13,17-20,29,34-36,38,41-42,44,49,62,66H,7-8,11,14-16,21-28,30-33H2,1-6H3,(H,57,68)(H,60,69)(H,61,67)/t36-,38?,41?,42+,44-,49+/m1/s1. The van der Waals surface area contributed by atoms with Crippen LogP contribution in [0.15, 0.2) is 66.6 Å². The molecule has 4 fully saturated rings. The van der Waals surface area contributed by atoms with Crippen LogP contribution in [0.3, 0.4) is 0 Å². The van der Waals surface area contributed by atoms with Gasteiger partial charge in [-0.1, -0.05) is 63.6 Å². The number of rotatable bonds is 20. The number of ether oxygens (including phenoxy) is 1. The Bertz CT molecular complexity index is 2730. The summed E-state index contributed by atoms with van der Waals surface area (Å²) in [4.78, 5) is 75.4. The number of hydrogen-bond acceptors (Lipinski definition) is 14. The number of para-hydroxylation sites is 1. The van der Waals surface area contributed by atoms with Gasteiger partial charge in [0.2, 0.25) is 27.7 Å². The second kappa shape index (κ2) is 24.2. The van der Waals surface area contributed by atoms with Crippen molar-refractivity contribution < 1.29 is 37.4 Å². The van der Waals surface area contributed by atoms with Crippen LogP contribution in [0.2, 0.25) is 0 Å². The summed E-state index contributed by atoms with van der Waals surface area (Å²) in [6, 6.07) is 12.9. The zero-order valence-electron chi connectivity index (χ0n) is 44.3. The number of nitrogens with one attached hydrogen (secondary N) is 4. The number of piperidine rings is 1. The predicted molar refractivity (Wildman–Crippen MR) is 290 cm³/mol.